The number of carbonyl (C=O) groups excluding carboxylic acids is 3. The fourth-order valence-electron chi connectivity index (χ4n) is 3.32. The van der Waals surface area contributed by atoms with Gasteiger partial charge in [-0.05, 0) is 62.6 Å². The third kappa shape index (κ3) is 12.5. The largest absolute Gasteiger partial charge is 0.514 e. The van der Waals surface area contributed by atoms with E-state index in [-0.39, 0.29) is 42.3 Å². The molecule has 5 unspecified atom stereocenters. The number of nitrogens with two attached hydrogens (primary N) is 1. The summed E-state index contributed by atoms with van der Waals surface area (Å²) >= 11 is 0. The minimum atomic E-state index is -1.42. The molecule has 0 bridgehead atoms. The summed E-state index contributed by atoms with van der Waals surface area (Å²) in [5.41, 5.74) is 6.36. The maximum Gasteiger partial charge on any atom is 0.514 e. The van der Waals surface area contributed by atoms with E-state index in [4.69, 9.17) is 34.2 Å². The molecule has 1 aromatic rings. The van der Waals surface area contributed by atoms with Crippen LogP contribution in [0, 0.1) is 17.8 Å². The molecule has 1 rings (SSSR count). The number of benzene rings is 1. The molecule has 0 spiro atoms. The van der Waals surface area contributed by atoms with Crippen LogP contribution in [0.4, 0.5) is 14.4 Å². The summed E-state index contributed by atoms with van der Waals surface area (Å²) in [6.45, 7) is 16.5. The van der Waals surface area contributed by atoms with E-state index in [1.807, 2.05) is 41.5 Å². The zero-order chi connectivity index (χ0) is 32.1. The molecule has 0 saturated heterocycles. The predicted octanol–water partition coefficient (Wildman–Crippen LogP) is 6.28. The van der Waals surface area contributed by atoms with Gasteiger partial charge in [-0.2, -0.15) is 0 Å². The van der Waals surface area contributed by atoms with Gasteiger partial charge in [-0.1, -0.05) is 54.0 Å². The number of aliphatic carboxylic acids is 1. The van der Waals surface area contributed by atoms with Gasteiger partial charge in [0, 0.05) is 5.92 Å². The van der Waals surface area contributed by atoms with Gasteiger partial charge in [-0.3, -0.25) is 4.79 Å². The molecule has 0 aliphatic heterocycles. The highest BCUT2D eigenvalue weighted by Gasteiger charge is 2.31. The van der Waals surface area contributed by atoms with Crippen LogP contribution >= 0.6 is 0 Å². The van der Waals surface area contributed by atoms with Crippen molar-refractivity contribution in [3.05, 3.63) is 23.8 Å². The number of hydrogen-bond donors (Lipinski definition) is 2. The van der Waals surface area contributed by atoms with E-state index in [0.29, 0.717) is 5.56 Å². The van der Waals surface area contributed by atoms with Crippen molar-refractivity contribution >= 4 is 24.4 Å². The van der Waals surface area contributed by atoms with E-state index in [1.54, 1.807) is 20.8 Å². The Hall–Kier alpha value is -3.54. The monoisotopic (exact) mass is 597 g/mol. The van der Waals surface area contributed by atoms with Crippen LogP contribution in [0.5, 0.6) is 11.5 Å². The van der Waals surface area contributed by atoms with Gasteiger partial charge in [0.2, 0.25) is 0 Å². The van der Waals surface area contributed by atoms with Crippen molar-refractivity contribution in [1.82, 2.24) is 0 Å². The van der Waals surface area contributed by atoms with Crippen molar-refractivity contribution in [1.29, 1.82) is 0 Å². The van der Waals surface area contributed by atoms with Crippen molar-refractivity contribution in [2.45, 2.75) is 105 Å². The lowest BCUT2D eigenvalue weighted by molar-refractivity contribution is -0.139. The van der Waals surface area contributed by atoms with E-state index in [0.717, 1.165) is 6.42 Å². The molecule has 0 aromatic heterocycles. The Kier molecular flexibility index (Phi) is 15.1. The second-order valence-corrected chi connectivity index (χ2v) is 11.3. The first-order valence-corrected chi connectivity index (χ1v) is 14.3. The third-order valence-electron chi connectivity index (χ3n) is 7.01. The van der Waals surface area contributed by atoms with E-state index in [9.17, 15) is 24.3 Å². The van der Waals surface area contributed by atoms with Gasteiger partial charge in [-0.15, -0.1) is 0 Å². The van der Waals surface area contributed by atoms with Crippen LogP contribution in [-0.4, -0.2) is 60.5 Å². The van der Waals surface area contributed by atoms with Crippen LogP contribution in [-0.2, 0) is 23.7 Å². The van der Waals surface area contributed by atoms with Crippen molar-refractivity contribution in [3.8, 4) is 11.5 Å². The molecule has 0 radical (unpaired) electrons. The molecular formula is C30H47NO11. The summed E-state index contributed by atoms with van der Waals surface area (Å²) in [5, 5.41) is 9.70. The fraction of sp³-hybridized carbons (Fsp3) is 0.667. The molecule has 3 N–H and O–H groups in total. The number of carboxylic acids is 1. The van der Waals surface area contributed by atoms with E-state index in [2.05, 4.69) is 0 Å². The van der Waals surface area contributed by atoms with Gasteiger partial charge < -0.3 is 39.3 Å². The van der Waals surface area contributed by atoms with Crippen molar-refractivity contribution < 1.29 is 52.7 Å². The van der Waals surface area contributed by atoms with Crippen LogP contribution in [0.25, 0.3) is 0 Å². The summed E-state index contributed by atoms with van der Waals surface area (Å²) in [6.07, 6.45) is -3.85. The zero-order valence-corrected chi connectivity index (χ0v) is 26.1. The lowest BCUT2D eigenvalue weighted by Gasteiger charge is -2.25. The lowest BCUT2D eigenvalue weighted by atomic mass is 9.87. The van der Waals surface area contributed by atoms with E-state index >= 15 is 0 Å². The highest BCUT2D eigenvalue weighted by Crippen LogP contribution is 2.35. The van der Waals surface area contributed by atoms with Crippen molar-refractivity contribution in [3.63, 3.8) is 0 Å². The van der Waals surface area contributed by atoms with E-state index in [1.165, 1.54) is 18.2 Å². The average Bonchev–Trinajstić information content (AvgIpc) is 2.90. The zero-order valence-electron chi connectivity index (χ0n) is 26.1. The molecule has 0 amide bonds. The number of carbonyl (C=O) groups is 4. The number of rotatable bonds is 15. The summed E-state index contributed by atoms with van der Waals surface area (Å²) in [4.78, 5) is 49.1. The molecule has 12 heteroatoms. The smallest absolute Gasteiger partial charge is 0.480 e. The van der Waals surface area contributed by atoms with Crippen LogP contribution in [0.15, 0.2) is 18.2 Å². The maximum absolute atomic E-state index is 12.6. The quantitative estimate of drug-likeness (QED) is 0.132. The van der Waals surface area contributed by atoms with Crippen molar-refractivity contribution in [2.75, 3.05) is 6.61 Å². The average molecular weight is 598 g/mol. The van der Waals surface area contributed by atoms with Gasteiger partial charge in [0.05, 0.1) is 6.61 Å². The van der Waals surface area contributed by atoms with Crippen LogP contribution in [0.3, 0.4) is 0 Å². The minimum absolute atomic E-state index is 0.00316. The SMILES string of the molecule is CCC(C)COC(=O)OC(C)CC(c1ccc(OC(=O)OC(C)C(C)C)c(OC(=O)OC(C)C(C)C)c1)[C@H](N)C(=O)O. The van der Waals surface area contributed by atoms with Gasteiger partial charge in [0.15, 0.2) is 11.5 Å². The fourth-order valence-corrected chi connectivity index (χ4v) is 3.32. The highest BCUT2D eigenvalue weighted by atomic mass is 16.8. The van der Waals surface area contributed by atoms with E-state index < -0.39 is 54.7 Å². The Balaban J connectivity index is 3.32. The summed E-state index contributed by atoms with van der Waals surface area (Å²) < 4.78 is 31.7. The lowest BCUT2D eigenvalue weighted by Crippen LogP contribution is -2.38. The molecule has 12 nitrogen and oxygen atoms in total. The molecule has 0 heterocycles. The van der Waals surface area contributed by atoms with Gasteiger partial charge in [-0.25, -0.2) is 14.4 Å². The molecule has 42 heavy (non-hydrogen) atoms. The first-order chi connectivity index (χ1) is 19.5. The Labute approximate surface area is 248 Å². The highest BCUT2D eigenvalue weighted by molar-refractivity contribution is 5.75. The number of ether oxygens (including phenoxy) is 6. The molecule has 6 atom stereocenters. The van der Waals surface area contributed by atoms with Gasteiger partial charge in [0.25, 0.3) is 0 Å². The third-order valence-corrected chi connectivity index (χ3v) is 7.01. The van der Waals surface area contributed by atoms with Crippen LogP contribution in [0.2, 0.25) is 0 Å². The van der Waals surface area contributed by atoms with Gasteiger partial charge in [0.1, 0.15) is 24.4 Å². The van der Waals surface area contributed by atoms with Crippen molar-refractivity contribution in [2.24, 2.45) is 23.5 Å². The molecule has 0 saturated carbocycles. The second kappa shape index (κ2) is 17.4. The van der Waals surface area contributed by atoms with Crippen LogP contribution < -0.4 is 15.2 Å². The first-order valence-electron chi connectivity index (χ1n) is 14.3. The number of hydrogen-bond acceptors (Lipinski definition) is 11. The Morgan fingerprint density at radius 2 is 1.31 bits per heavy atom. The minimum Gasteiger partial charge on any atom is -0.480 e. The first kappa shape index (κ1) is 36.5. The summed E-state index contributed by atoms with van der Waals surface area (Å²) in [6, 6.07) is 2.72. The Morgan fingerprint density at radius 3 is 1.79 bits per heavy atom. The summed E-state index contributed by atoms with van der Waals surface area (Å²) in [5.74, 6) is -2.40. The number of carboxylic acid groups (broad SMARTS) is 1. The standard InChI is InChI=1S/C30H47NO11/c1-10-18(6)15-37-28(34)38-19(7)13-23(26(31)27(32)33)22-11-12-24(41-29(35)39-20(8)16(2)3)25(14-22)42-30(36)40-21(9)17(4)5/h11-12,14,16-21,23,26H,10,13,15,31H2,1-9H3,(H,32,33)/t18?,19?,20?,21?,23?,26-/m0/s1. The van der Waals surface area contributed by atoms with Gasteiger partial charge >= 0.3 is 24.4 Å². The van der Waals surface area contributed by atoms with Crippen LogP contribution in [0.1, 0.15) is 86.6 Å². The predicted molar refractivity (Wildman–Crippen MR) is 154 cm³/mol. The summed E-state index contributed by atoms with van der Waals surface area (Å²) in [7, 11) is 0. The normalized spacial score (nSPS) is 15.5. The Morgan fingerprint density at radius 1 is 0.786 bits per heavy atom. The molecule has 1 aromatic carbocycles. The maximum atomic E-state index is 12.6. The second-order valence-electron chi connectivity index (χ2n) is 11.3. The molecular weight excluding hydrogens is 550 g/mol. The molecule has 0 aliphatic carbocycles. The topological polar surface area (TPSA) is 170 Å². The molecule has 0 aliphatic rings. The Bertz CT molecular complexity index is 1040. The molecule has 238 valence electrons. The molecule has 0 fully saturated rings.